The number of nitrogens with one attached hydrogen (secondary N) is 3. The molecule has 3 N–H and O–H groups in total. The van der Waals surface area contributed by atoms with Gasteiger partial charge >= 0.3 is 0 Å². The maximum atomic E-state index is 11.9. The highest BCUT2D eigenvalue weighted by molar-refractivity contribution is 7.71. The molecule has 0 aliphatic heterocycles. The van der Waals surface area contributed by atoms with E-state index in [1.54, 1.807) is 6.07 Å². The largest absolute Gasteiger partial charge is 0.375 e. The first-order chi connectivity index (χ1) is 10.5. The molecule has 1 amide bonds. The Balaban J connectivity index is 1.89. The summed E-state index contributed by atoms with van der Waals surface area (Å²) in [5.41, 5.74) is 0.726. The van der Waals surface area contributed by atoms with E-state index in [9.17, 15) is 4.79 Å². The Morgan fingerprint density at radius 3 is 2.86 bits per heavy atom. The number of nitrogens with zero attached hydrogens (tertiary/aromatic N) is 2. The van der Waals surface area contributed by atoms with Gasteiger partial charge in [0, 0.05) is 6.04 Å². The molecule has 8 heteroatoms. The van der Waals surface area contributed by atoms with Crippen LogP contribution in [0.5, 0.6) is 0 Å². The topological polar surface area (TPSA) is 74.7 Å². The zero-order valence-corrected chi connectivity index (χ0v) is 14.0. The van der Waals surface area contributed by atoms with Crippen molar-refractivity contribution >= 4 is 35.4 Å². The molecule has 0 atom stereocenters. The third kappa shape index (κ3) is 4.08. The lowest BCUT2D eigenvalue weighted by Gasteiger charge is -2.12. The van der Waals surface area contributed by atoms with Gasteiger partial charge in [0.2, 0.25) is 5.91 Å². The molecule has 0 aliphatic rings. The van der Waals surface area contributed by atoms with Gasteiger partial charge in [0.05, 0.1) is 23.8 Å². The third-order valence-electron chi connectivity index (χ3n) is 3.05. The predicted molar refractivity (Wildman–Crippen MR) is 89.6 cm³/mol. The summed E-state index contributed by atoms with van der Waals surface area (Å²) < 4.78 is 2.42. The van der Waals surface area contributed by atoms with Crippen molar-refractivity contribution in [3.05, 3.63) is 39.9 Å². The van der Waals surface area contributed by atoms with Crippen molar-refractivity contribution in [2.75, 3.05) is 11.9 Å². The van der Waals surface area contributed by atoms with Gasteiger partial charge in [0.25, 0.3) is 0 Å². The second kappa shape index (κ2) is 7.42. The van der Waals surface area contributed by atoms with Gasteiger partial charge in [-0.1, -0.05) is 23.7 Å². The minimum Gasteiger partial charge on any atom is -0.375 e. The van der Waals surface area contributed by atoms with E-state index in [0.717, 1.165) is 5.69 Å². The quantitative estimate of drug-likeness (QED) is 0.707. The molecular weight excluding hydrogens is 322 g/mol. The fourth-order valence-electron chi connectivity index (χ4n) is 2.01. The van der Waals surface area contributed by atoms with Crippen molar-refractivity contribution in [3.63, 3.8) is 0 Å². The number of para-hydroxylation sites is 1. The highest BCUT2D eigenvalue weighted by Gasteiger charge is 2.10. The van der Waals surface area contributed by atoms with Crippen molar-refractivity contribution < 1.29 is 4.79 Å². The van der Waals surface area contributed by atoms with E-state index in [2.05, 4.69) is 20.8 Å². The van der Waals surface area contributed by atoms with Gasteiger partial charge < -0.3 is 15.2 Å². The molecule has 0 bridgehead atoms. The van der Waals surface area contributed by atoms with Crippen LogP contribution in [-0.4, -0.2) is 27.2 Å². The summed E-state index contributed by atoms with van der Waals surface area (Å²) in [4.78, 5) is 11.9. The van der Waals surface area contributed by atoms with Crippen LogP contribution < -0.4 is 10.6 Å². The lowest BCUT2D eigenvalue weighted by molar-refractivity contribution is -0.119. The number of amides is 1. The molecule has 0 aliphatic carbocycles. The zero-order valence-electron chi connectivity index (χ0n) is 12.4. The van der Waals surface area contributed by atoms with Crippen LogP contribution in [0.15, 0.2) is 24.3 Å². The summed E-state index contributed by atoms with van der Waals surface area (Å²) >= 11 is 11.2. The molecule has 118 valence electrons. The summed E-state index contributed by atoms with van der Waals surface area (Å²) in [6.07, 6.45) is 0. The van der Waals surface area contributed by atoms with E-state index in [1.165, 1.54) is 0 Å². The predicted octanol–water partition coefficient (Wildman–Crippen LogP) is 2.90. The number of carbonyl (C=O) groups excluding carboxylic acids is 1. The molecule has 1 aromatic heterocycles. The Labute approximate surface area is 138 Å². The molecule has 2 aromatic rings. The fraction of sp³-hybridized carbons (Fsp3) is 0.357. The second-order valence-corrected chi connectivity index (χ2v) is 5.81. The number of anilines is 1. The Bertz CT molecular complexity index is 709. The molecule has 1 aromatic carbocycles. The zero-order chi connectivity index (χ0) is 16.1. The number of aromatic amines is 1. The normalized spacial score (nSPS) is 10.7. The number of carbonyl (C=O) groups is 1. The molecule has 0 saturated heterocycles. The molecular formula is C14H18ClN5OS. The van der Waals surface area contributed by atoms with Crippen LogP contribution >= 0.6 is 23.8 Å². The van der Waals surface area contributed by atoms with Crippen molar-refractivity contribution in [1.29, 1.82) is 0 Å². The highest BCUT2D eigenvalue weighted by atomic mass is 35.5. The van der Waals surface area contributed by atoms with Crippen molar-refractivity contribution in [2.45, 2.75) is 26.4 Å². The van der Waals surface area contributed by atoms with Gasteiger partial charge in [-0.05, 0) is 38.2 Å². The Kier molecular flexibility index (Phi) is 5.57. The number of H-pyrrole nitrogens is 1. The minimum atomic E-state index is -0.149. The first kappa shape index (κ1) is 16.5. The van der Waals surface area contributed by atoms with E-state index < -0.39 is 0 Å². The van der Waals surface area contributed by atoms with Crippen LogP contribution in [0.2, 0.25) is 5.02 Å². The maximum Gasteiger partial charge on any atom is 0.239 e. The van der Waals surface area contributed by atoms with Crippen LogP contribution in [0.4, 0.5) is 5.69 Å². The van der Waals surface area contributed by atoms with Gasteiger partial charge in [0.1, 0.15) is 0 Å². The Morgan fingerprint density at radius 2 is 2.18 bits per heavy atom. The number of hydrogen-bond acceptors (Lipinski definition) is 4. The summed E-state index contributed by atoms with van der Waals surface area (Å²) in [6.45, 7) is 4.47. The fourth-order valence-corrected chi connectivity index (χ4v) is 2.58. The lowest BCUT2D eigenvalue weighted by atomic mass is 10.3. The van der Waals surface area contributed by atoms with Crippen LogP contribution in [0.1, 0.15) is 25.7 Å². The van der Waals surface area contributed by atoms with Crippen molar-refractivity contribution in [2.24, 2.45) is 0 Å². The second-order valence-electron chi connectivity index (χ2n) is 5.02. The third-order valence-corrected chi connectivity index (χ3v) is 3.67. The Hall–Kier alpha value is -1.86. The lowest BCUT2D eigenvalue weighted by Crippen LogP contribution is -2.30. The standard InChI is InChI=1S/C14H18ClN5OS/c1-9(2)20-12(18-19-14(20)22)7-17-13(21)8-16-11-6-4-3-5-10(11)15/h3-6,9,16H,7-8H2,1-2H3,(H,17,21)(H,19,22). The average molecular weight is 340 g/mol. The number of benzene rings is 1. The van der Waals surface area contributed by atoms with Crippen LogP contribution in [0, 0.1) is 4.77 Å². The molecule has 0 spiro atoms. The molecule has 1 heterocycles. The van der Waals surface area contributed by atoms with E-state index >= 15 is 0 Å². The Morgan fingerprint density at radius 1 is 1.45 bits per heavy atom. The summed E-state index contributed by atoms with van der Waals surface area (Å²) in [6, 6.07) is 7.45. The van der Waals surface area contributed by atoms with Gasteiger partial charge in [-0.15, -0.1) is 0 Å². The maximum absolute atomic E-state index is 11.9. The molecule has 2 rings (SSSR count). The monoisotopic (exact) mass is 339 g/mol. The molecule has 22 heavy (non-hydrogen) atoms. The van der Waals surface area contributed by atoms with Crippen molar-refractivity contribution in [1.82, 2.24) is 20.1 Å². The minimum absolute atomic E-state index is 0.135. The molecule has 0 unspecified atom stereocenters. The van der Waals surface area contributed by atoms with Gasteiger partial charge in [-0.2, -0.15) is 5.10 Å². The number of halogens is 1. The number of aromatic nitrogens is 3. The molecule has 0 saturated carbocycles. The van der Waals surface area contributed by atoms with E-state index in [1.807, 2.05) is 36.6 Å². The highest BCUT2D eigenvalue weighted by Crippen LogP contribution is 2.19. The van der Waals surface area contributed by atoms with Crippen molar-refractivity contribution in [3.8, 4) is 0 Å². The van der Waals surface area contributed by atoms with Gasteiger partial charge in [-0.25, -0.2) is 0 Å². The molecule has 0 fully saturated rings. The smallest absolute Gasteiger partial charge is 0.239 e. The first-order valence-corrected chi connectivity index (χ1v) is 7.68. The van der Waals surface area contributed by atoms with Gasteiger partial charge in [0.15, 0.2) is 10.6 Å². The average Bonchev–Trinajstić information content (AvgIpc) is 2.85. The van der Waals surface area contributed by atoms with Crippen LogP contribution in [0.25, 0.3) is 0 Å². The number of rotatable bonds is 6. The van der Waals surface area contributed by atoms with Crippen LogP contribution in [-0.2, 0) is 11.3 Å². The SMILES string of the molecule is CC(C)n1c(CNC(=O)CNc2ccccc2Cl)n[nH]c1=S. The molecule has 0 radical (unpaired) electrons. The van der Waals surface area contributed by atoms with Crippen LogP contribution in [0.3, 0.4) is 0 Å². The molecule has 6 nitrogen and oxygen atoms in total. The van der Waals surface area contributed by atoms with E-state index in [-0.39, 0.29) is 18.5 Å². The first-order valence-electron chi connectivity index (χ1n) is 6.90. The summed E-state index contributed by atoms with van der Waals surface area (Å²) in [5.74, 6) is 0.551. The summed E-state index contributed by atoms with van der Waals surface area (Å²) in [5, 5.41) is 13.2. The van der Waals surface area contributed by atoms with Gasteiger partial charge in [-0.3, -0.25) is 9.89 Å². The van der Waals surface area contributed by atoms with E-state index in [4.69, 9.17) is 23.8 Å². The summed E-state index contributed by atoms with van der Waals surface area (Å²) in [7, 11) is 0. The van der Waals surface area contributed by atoms with E-state index in [0.29, 0.717) is 22.2 Å². The number of hydrogen-bond donors (Lipinski definition) is 3.